The van der Waals surface area contributed by atoms with Crippen LogP contribution in [0.3, 0.4) is 0 Å². The summed E-state index contributed by atoms with van der Waals surface area (Å²) in [6, 6.07) is 12.3. The van der Waals surface area contributed by atoms with E-state index in [4.69, 9.17) is 0 Å². The van der Waals surface area contributed by atoms with Gasteiger partial charge in [-0.2, -0.15) is 0 Å². The van der Waals surface area contributed by atoms with E-state index in [9.17, 15) is 14.4 Å². The molecule has 160 valence electrons. The molecule has 1 aromatic carbocycles. The molecule has 0 saturated heterocycles. The van der Waals surface area contributed by atoms with Gasteiger partial charge in [0.1, 0.15) is 6.54 Å². The van der Waals surface area contributed by atoms with Crippen LogP contribution in [0.1, 0.15) is 39.8 Å². The van der Waals surface area contributed by atoms with Gasteiger partial charge in [0, 0.05) is 23.7 Å². The van der Waals surface area contributed by atoms with Gasteiger partial charge in [-0.25, -0.2) is 4.98 Å². The van der Waals surface area contributed by atoms with Crippen LogP contribution in [0.25, 0.3) is 0 Å². The lowest BCUT2D eigenvalue weighted by molar-refractivity contribution is -0.116. The Morgan fingerprint density at radius 2 is 2.00 bits per heavy atom. The van der Waals surface area contributed by atoms with Crippen molar-refractivity contribution >= 4 is 28.3 Å². The van der Waals surface area contributed by atoms with Crippen molar-refractivity contribution in [2.24, 2.45) is 5.92 Å². The summed E-state index contributed by atoms with van der Waals surface area (Å²) in [5.41, 5.74) is 2.01. The van der Waals surface area contributed by atoms with Gasteiger partial charge in [-0.3, -0.25) is 14.4 Å². The highest BCUT2D eigenvalue weighted by molar-refractivity contribution is 7.15. The lowest BCUT2D eigenvalue weighted by Gasteiger charge is -2.15. The van der Waals surface area contributed by atoms with Crippen LogP contribution < -0.4 is 16.2 Å². The van der Waals surface area contributed by atoms with Crippen LogP contribution in [0.4, 0.5) is 5.13 Å². The maximum Gasteiger partial charge on any atom is 0.253 e. The fourth-order valence-corrected chi connectivity index (χ4v) is 4.76. The van der Waals surface area contributed by atoms with Crippen LogP contribution in [0.15, 0.2) is 53.5 Å². The van der Waals surface area contributed by atoms with E-state index in [-0.39, 0.29) is 23.9 Å². The molecule has 31 heavy (non-hydrogen) atoms. The van der Waals surface area contributed by atoms with Gasteiger partial charge in [-0.15, -0.1) is 11.3 Å². The first-order valence-electron chi connectivity index (χ1n) is 10.3. The van der Waals surface area contributed by atoms with Gasteiger partial charge in [-0.1, -0.05) is 37.3 Å². The number of aryl methyl sites for hydroxylation is 1. The van der Waals surface area contributed by atoms with E-state index in [2.05, 4.69) is 22.5 Å². The second kappa shape index (κ2) is 9.26. The lowest BCUT2D eigenvalue weighted by Crippen LogP contribution is -2.29. The van der Waals surface area contributed by atoms with Crippen molar-refractivity contribution < 1.29 is 9.59 Å². The predicted octanol–water partition coefficient (Wildman–Crippen LogP) is 3.00. The standard InChI is InChI=1S/C23H24N4O3S/c1-15-7-9-18-19(11-15)31-23(25-18)26-20(28)14-27-13-17(8-10-21(27)29)22(30)24-12-16-5-3-2-4-6-16/h2-6,8,10,13,15H,7,9,11-12,14H2,1H3,(H,24,30)(H,25,26,28)/t15-/m1/s1. The number of nitrogens with zero attached hydrogens (tertiary/aromatic N) is 2. The average molecular weight is 437 g/mol. The number of nitrogens with one attached hydrogen (secondary N) is 2. The highest BCUT2D eigenvalue weighted by atomic mass is 32.1. The van der Waals surface area contributed by atoms with E-state index in [1.54, 1.807) is 0 Å². The molecule has 0 unspecified atom stereocenters. The number of hydrogen-bond donors (Lipinski definition) is 2. The monoisotopic (exact) mass is 436 g/mol. The van der Waals surface area contributed by atoms with Crippen LogP contribution in [0.2, 0.25) is 0 Å². The number of amides is 2. The molecule has 1 atom stereocenters. The summed E-state index contributed by atoms with van der Waals surface area (Å²) in [6.45, 7) is 2.42. The van der Waals surface area contributed by atoms with E-state index in [1.165, 1.54) is 39.1 Å². The van der Waals surface area contributed by atoms with E-state index >= 15 is 0 Å². The third kappa shape index (κ3) is 5.27. The van der Waals surface area contributed by atoms with E-state index in [0.717, 1.165) is 30.5 Å². The summed E-state index contributed by atoms with van der Waals surface area (Å²) in [7, 11) is 0. The summed E-state index contributed by atoms with van der Waals surface area (Å²) in [5.74, 6) is -0.0197. The molecule has 3 aromatic rings. The molecule has 0 fully saturated rings. The molecule has 0 saturated carbocycles. The normalized spacial score (nSPS) is 15.2. The zero-order valence-corrected chi connectivity index (χ0v) is 18.1. The first kappa shape index (κ1) is 21.0. The number of aromatic nitrogens is 2. The first-order valence-corrected chi connectivity index (χ1v) is 11.1. The van der Waals surface area contributed by atoms with Crippen LogP contribution >= 0.6 is 11.3 Å². The zero-order chi connectivity index (χ0) is 21.8. The maximum absolute atomic E-state index is 12.5. The Morgan fingerprint density at radius 1 is 1.19 bits per heavy atom. The Labute approximate surface area is 184 Å². The Balaban J connectivity index is 1.39. The van der Waals surface area contributed by atoms with Crippen molar-refractivity contribution in [3.05, 3.63) is 80.7 Å². The van der Waals surface area contributed by atoms with Gasteiger partial charge < -0.3 is 15.2 Å². The fraction of sp³-hybridized carbons (Fsp3) is 0.304. The molecule has 2 N–H and O–H groups in total. The maximum atomic E-state index is 12.5. The number of rotatable bonds is 6. The molecule has 0 aliphatic heterocycles. The topological polar surface area (TPSA) is 93.1 Å². The molecular formula is C23H24N4O3S. The summed E-state index contributed by atoms with van der Waals surface area (Å²) in [5, 5.41) is 6.18. The number of hydrogen-bond acceptors (Lipinski definition) is 5. The van der Waals surface area contributed by atoms with Gasteiger partial charge in [0.05, 0.1) is 11.3 Å². The largest absolute Gasteiger partial charge is 0.348 e. The highest BCUT2D eigenvalue weighted by Crippen LogP contribution is 2.32. The molecule has 1 aliphatic rings. The SMILES string of the molecule is C[C@@H]1CCc2nc(NC(=O)Cn3cc(C(=O)NCc4ccccc4)ccc3=O)sc2C1. The molecule has 0 bridgehead atoms. The molecule has 2 heterocycles. The third-order valence-electron chi connectivity index (χ3n) is 5.29. The van der Waals surface area contributed by atoms with Crippen molar-refractivity contribution in [2.45, 2.75) is 39.3 Å². The molecule has 7 nitrogen and oxygen atoms in total. The van der Waals surface area contributed by atoms with E-state index in [0.29, 0.717) is 23.2 Å². The fourth-order valence-electron chi connectivity index (χ4n) is 3.58. The molecule has 0 radical (unpaired) electrons. The molecule has 1 aliphatic carbocycles. The molecular weight excluding hydrogens is 412 g/mol. The Morgan fingerprint density at radius 3 is 2.81 bits per heavy atom. The molecule has 0 spiro atoms. The van der Waals surface area contributed by atoms with E-state index < -0.39 is 0 Å². The van der Waals surface area contributed by atoms with E-state index in [1.807, 2.05) is 30.3 Å². The van der Waals surface area contributed by atoms with Crippen LogP contribution in [0.5, 0.6) is 0 Å². The van der Waals surface area contributed by atoms with Gasteiger partial charge in [0.2, 0.25) is 5.91 Å². The minimum atomic E-state index is -0.345. The van der Waals surface area contributed by atoms with Gasteiger partial charge in [-0.05, 0) is 36.8 Å². The Hall–Kier alpha value is -3.26. The number of benzene rings is 1. The van der Waals surface area contributed by atoms with Crippen molar-refractivity contribution in [3.8, 4) is 0 Å². The van der Waals surface area contributed by atoms with Gasteiger partial charge >= 0.3 is 0 Å². The van der Waals surface area contributed by atoms with Crippen molar-refractivity contribution in [1.82, 2.24) is 14.9 Å². The molecule has 8 heteroatoms. The van der Waals surface area contributed by atoms with Crippen LogP contribution in [-0.4, -0.2) is 21.4 Å². The number of fused-ring (bicyclic) bond motifs is 1. The summed E-state index contributed by atoms with van der Waals surface area (Å²) in [6.07, 6.45) is 4.44. The Kier molecular flexibility index (Phi) is 6.27. The summed E-state index contributed by atoms with van der Waals surface area (Å²) in [4.78, 5) is 42.9. The highest BCUT2D eigenvalue weighted by Gasteiger charge is 2.20. The number of carbonyl (C=O) groups is 2. The summed E-state index contributed by atoms with van der Waals surface area (Å²) < 4.78 is 1.24. The smallest absolute Gasteiger partial charge is 0.253 e. The number of pyridine rings is 1. The van der Waals surface area contributed by atoms with Crippen LogP contribution in [0, 0.1) is 5.92 Å². The average Bonchev–Trinajstić information content (AvgIpc) is 3.15. The lowest BCUT2D eigenvalue weighted by atomic mass is 9.93. The number of thiazole rings is 1. The van der Waals surface area contributed by atoms with Gasteiger partial charge in [0.15, 0.2) is 5.13 Å². The number of carbonyl (C=O) groups excluding carboxylic acids is 2. The van der Waals surface area contributed by atoms with Crippen LogP contribution in [-0.2, 0) is 30.7 Å². The minimum absolute atomic E-state index is 0.181. The second-order valence-electron chi connectivity index (χ2n) is 7.84. The third-order valence-corrected chi connectivity index (χ3v) is 6.32. The summed E-state index contributed by atoms with van der Waals surface area (Å²) >= 11 is 1.50. The van der Waals surface area contributed by atoms with Crippen molar-refractivity contribution in [2.75, 3.05) is 5.32 Å². The van der Waals surface area contributed by atoms with Gasteiger partial charge in [0.25, 0.3) is 11.5 Å². The quantitative estimate of drug-likeness (QED) is 0.621. The predicted molar refractivity (Wildman–Crippen MR) is 120 cm³/mol. The Bertz CT molecular complexity index is 1150. The number of anilines is 1. The van der Waals surface area contributed by atoms with Crippen molar-refractivity contribution in [3.63, 3.8) is 0 Å². The second-order valence-corrected chi connectivity index (χ2v) is 8.92. The molecule has 2 aromatic heterocycles. The zero-order valence-electron chi connectivity index (χ0n) is 17.3. The van der Waals surface area contributed by atoms with Crippen molar-refractivity contribution in [1.29, 1.82) is 0 Å². The minimum Gasteiger partial charge on any atom is -0.348 e. The first-order chi connectivity index (χ1) is 15.0. The molecule has 4 rings (SSSR count). The molecule has 2 amide bonds.